The monoisotopic (exact) mass is 290 g/mol. The summed E-state index contributed by atoms with van der Waals surface area (Å²) >= 11 is 3.31. The summed E-state index contributed by atoms with van der Waals surface area (Å²) < 4.78 is 0.905. The van der Waals surface area contributed by atoms with Gasteiger partial charge in [-0.25, -0.2) is 0 Å². The molecule has 0 aliphatic carbocycles. The first-order chi connectivity index (χ1) is 8.15. The Morgan fingerprint density at radius 2 is 2.12 bits per heavy atom. The number of pyridine rings is 2. The molecule has 2 aromatic heterocycles. The van der Waals surface area contributed by atoms with Crippen LogP contribution in [0.2, 0.25) is 0 Å². The maximum atomic E-state index is 11.9. The highest BCUT2D eigenvalue weighted by molar-refractivity contribution is 9.10. The van der Waals surface area contributed by atoms with E-state index >= 15 is 0 Å². The maximum Gasteiger partial charge on any atom is 0.187 e. The summed E-state index contributed by atoms with van der Waals surface area (Å²) in [5.74, 6) is -0.0106. The van der Waals surface area contributed by atoms with Gasteiger partial charge in [0.1, 0.15) is 5.69 Å². The van der Waals surface area contributed by atoms with Gasteiger partial charge < -0.3 is 0 Å². The number of halogens is 1. The number of aromatic nitrogens is 2. The van der Waals surface area contributed by atoms with Crippen LogP contribution in [-0.4, -0.2) is 15.8 Å². The van der Waals surface area contributed by atoms with Crippen LogP contribution in [-0.2, 0) is 6.42 Å². The fourth-order valence-corrected chi connectivity index (χ4v) is 1.69. The summed E-state index contributed by atoms with van der Waals surface area (Å²) in [4.78, 5) is 20.2. The number of hydrogen-bond acceptors (Lipinski definition) is 3. The molecule has 0 fully saturated rings. The first-order valence-electron chi connectivity index (χ1n) is 5.21. The predicted molar refractivity (Wildman–Crippen MR) is 68.9 cm³/mol. The first kappa shape index (κ1) is 11.9. The highest BCUT2D eigenvalue weighted by Crippen LogP contribution is 2.10. The van der Waals surface area contributed by atoms with E-state index in [1.54, 1.807) is 18.5 Å². The third kappa shape index (κ3) is 3.20. The topological polar surface area (TPSA) is 42.9 Å². The minimum absolute atomic E-state index is 0.0106. The molecule has 0 aliphatic rings. The summed E-state index contributed by atoms with van der Waals surface area (Å²) in [6, 6.07) is 7.37. The molecule has 17 heavy (non-hydrogen) atoms. The Bertz CT molecular complexity index is 537. The molecule has 0 spiro atoms. The van der Waals surface area contributed by atoms with Crippen LogP contribution in [0.1, 0.15) is 21.7 Å². The number of hydrogen-bond donors (Lipinski definition) is 0. The van der Waals surface area contributed by atoms with Gasteiger partial charge in [0.15, 0.2) is 5.78 Å². The summed E-state index contributed by atoms with van der Waals surface area (Å²) in [6.07, 6.45) is 3.62. The molecular formula is C13H11BrN2O. The Labute approximate surface area is 108 Å². The summed E-state index contributed by atoms with van der Waals surface area (Å²) in [5.41, 5.74) is 2.28. The smallest absolute Gasteiger partial charge is 0.187 e. The molecule has 3 nitrogen and oxygen atoms in total. The van der Waals surface area contributed by atoms with Crippen molar-refractivity contribution in [1.29, 1.82) is 0 Å². The normalized spacial score (nSPS) is 10.2. The number of aryl methyl sites for hydroxylation is 1. The maximum absolute atomic E-state index is 11.9. The second kappa shape index (κ2) is 5.19. The van der Waals surface area contributed by atoms with Crippen LogP contribution < -0.4 is 0 Å². The third-order valence-corrected chi connectivity index (χ3v) is 2.80. The van der Waals surface area contributed by atoms with Crippen molar-refractivity contribution in [2.24, 2.45) is 0 Å². The molecular weight excluding hydrogens is 280 g/mol. The largest absolute Gasteiger partial charge is 0.292 e. The Kier molecular flexibility index (Phi) is 3.64. The lowest BCUT2D eigenvalue weighted by molar-refractivity contribution is 0.0987. The zero-order valence-corrected chi connectivity index (χ0v) is 10.9. The third-order valence-electron chi connectivity index (χ3n) is 2.33. The summed E-state index contributed by atoms with van der Waals surface area (Å²) in [7, 11) is 0. The fourth-order valence-electron chi connectivity index (χ4n) is 1.45. The minimum Gasteiger partial charge on any atom is -0.292 e. The number of carbonyl (C=O) groups excluding carboxylic acids is 1. The Balaban J connectivity index is 2.14. The van der Waals surface area contributed by atoms with Gasteiger partial charge in [0.2, 0.25) is 0 Å². The van der Waals surface area contributed by atoms with Crippen molar-refractivity contribution in [1.82, 2.24) is 9.97 Å². The lowest BCUT2D eigenvalue weighted by Gasteiger charge is -2.01. The zero-order valence-electron chi connectivity index (χ0n) is 9.35. The van der Waals surface area contributed by atoms with E-state index in [0.29, 0.717) is 5.69 Å². The predicted octanol–water partition coefficient (Wildman–Crippen LogP) is 2.97. The van der Waals surface area contributed by atoms with Crippen molar-refractivity contribution in [2.75, 3.05) is 0 Å². The van der Waals surface area contributed by atoms with Gasteiger partial charge >= 0.3 is 0 Å². The van der Waals surface area contributed by atoms with Gasteiger partial charge in [0, 0.05) is 22.6 Å². The first-order valence-corrected chi connectivity index (χ1v) is 6.01. The van der Waals surface area contributed by atoms with Crippen molar-refractivity contribution in [3.8, 4) is 0 Å². The van der Waals surface area contributed by atoms with Crippen LogP contribution in [0.3, 0.4) is 0 Å². The number of rotatable bonds is 3. The molecule has 2 heterocycles. The molecule has 0 saturated carbocycles. The zero-order chi connectivity index (χ0) is 12.3. The molecule has 0 aliphatic heterocycles. The average molecular weight is 291 g/mol. The molecule has 4 heteroatoms. The lowest BCUT2D eigenvalue weighted by Crippen LogP contribution is -2.07. The van der Waals surface area contributed by atoms with Crippen molar-refractivity contribution >= 4 is 21.7 Å². The fraction of sp³-hybridized carbons (Fsp3) is 0.154. The molecule has 2 rings (SSSR count). The Morgan fingerprint density at radius 3 is 2.76 bits per heavy atom. The molecule has 0 N–H and O–H groups in total. The summed E-state index contributed by atoms with van der Waals surface area (Å²) in [5, 5.41) is 0. The van der Waals surface area contributed by atoms with E-state index in [1.807, 2.05) is 25.1 Å². The van der Waals surface area contributed by atoms with Gasteiger partial charge in [-0.3, -0.25) is 14.8 Å². The minimum atomic E-state index is -0.0106. The van der Waals surface area contributed by atoms with Gasteiger partial charge in [-0.2, -0.15) is 0 Å². The second-order valence-electron chi connectivity index (χ2n) is 3.79. The molecule has 0 bridgehead atoms. The molecule has 2 aromatic rings. The number of nitrogens with zero attached hydrogens (tertiary/aromatic N) is 2. The van der Waals surface area contributed by atoms with E-state index in [1.165, 1.54) is 0 Å². The SMILES string of the molecule is Cc1ccnc(C(=O)Cc2ccc(Br)cn2)c1. The van der Waals surface area contributed by atoms with Crippen LogP contribution in [0.15, 0.2) is 41.1 Å². The van der Waals surface area contributed by atoms with Gasteiger partial charge in [-0.15, -0.1) is 0 Å². The van der Waals surface area contributed by atoms with Crippen molar-refractivity contribution in [3.63, 3.8) is 0 Å². The van der Waals surface area contributed by atoms with E-state index < -0.39 is 0 Å². The van der Waals surface area contributed by atoms with Crippen LogP contribution in [0.4, 0.5) is 0 Å². The van der Waals surface area contributed by atoms with E-state index in [2.05, 4.69) is 25.9 Å². The average Bonchev–Trinajstić information content (AvgIpc) is 2.32. The van der Waals surface area contributed by atoms with Crippen LogP contribution in [0.25, 0.3) is 0 Å². The van der Waals surface area contributed by atoms with Gasteiger partial charge in [0.05, 0.1) is 6.42 Å². The van der Waals surface area contributed by atoms with E-state index in [4.69, 9.17) is 0 Å². The lowest BCUT2D eigenvalue weighted by atomic mass is 10.1. The van der Waals surface area contributed by atoms with Crippen molar-refractivity contribution < 1.29 is 4.79 Å². The molecule has 0 amide bonds. The Hall–Kier alpha value is -1.55. The number of Topliss-reactive ketones (excluding diaryl/α,β-unsaturated/α-hetero) is 1. The standard InChI is InChI=1S/C13H11BrN2O/c1-9-4-5-15-12(6-9)13(17)7-11-3-2-10(14)8-16-11/h2-6,8H,7H2,1H3. The van der Waals surface area contributed by atoms with Gasteiger partial charge in [-0.1, -0.05) is 0 Å². The quantitative estimate of drug-likeness (QED) is 0.816. The van der Waals surface area contributed by atoms with E-state index in [-0.39, 0.29) is 12.2 Å². The molecule has 0 atom stereocenters. The van der Waals surface area contributed by atoms with E-state index in [9.17, 15) is 4.79 Å². The van der Waals surface area contributed by atoms with Crippen molar-refractivity contribution in [3.05, 3.63) is 58.1 Å². The van der Waals surface area contributed by atoms with E-state index in [0.717, 1.165) is 15.7 Å². The van der Waals surface area contributed by atoms with Crippen LogP contribution in [0, 0.1) is 6.92 Å². The Morgan fingerprint density at radius 1 is 1.29 bits per heavy atom. The number of ketones is 1. The van der Waals surface area contributed by atoms with Crippen molar-refractivity contribution in [2.45, 2.75) is 13.3 Å². The van der Waals surface area contributed by atoms with Crippen LogP contribution >= 0.6 is 15.9 Å². The molecule has 0 saturated heterocycles. The van der Waals surface area contributed by atoms with Gasteiger partial charge in [0.25, 0.3) is 0 Å². The number of carbonyl (C=O) groups is 1. The van der Waals surface area contributed by atoms with Crippen LogP contribution in [0.5, 0.6) is 0 Å². The molecule has 0 unspecified atom stereocenters. The van der Waals surface area contributed by atoms with Gasteiger partial charge in [-0.05, 0) is 52.7 Å². The molecule has 0 radical (unpaired) electrons. The molecule has 86 valence electrons. The second-order valence-corrected chi connectivity index (χ2v) is 4.70. The summed E-state index contributed by atoms with van der Waals surface area (Å²) in [6.45, 7) is 1.94. The highest BCUT2D eigenvalue weighted by atomic mass is 79.9. The highest BCUT2D eigenvalue weighted by Gasteiger charge is 2.09. The molecule has 0 aromatic carbocycles.